The molecule has 0 saturated heterocycles. The summed E-state index contributed by atoms with van der Waals surface area (Å²) in [5, 5.41) is 10.9. The molecule has 12 heteroatoms. The smallest absolute Gasteiger partial charge is 0.420 e. The Morgan fingerprint density at radius 3 is 2.14 bits per heavy atom. The first-order valence-corrected chi connectivity index (χ1v) is 10.2. The number of nitro groups is 1. The lowest BCUT2D eigenvalue weighted by molar-refractivity contribution is -0.384. The molecule has 0 aromatic heterocycles. The number of anilines is 1. The lowest BCUT2D eigenvalue weighted by Crippen LogP contribution is -2.33. The molecule has 188 valence electrons. The Morgan fingerprint density at radius 2 is 1.61 bits per heavy atom. The van der Waals surface area contributed by atoms with Crippen molar-refractivity contribution in [2.45, 2.75) is 12.7 Å². The van der Waals surface area contributed by atoms with Crippen LogP contribution in [0.5, 0.6) is 11.5 Å². The van der Waals surface area contributed by atoms with E-state index >= 15 is 0 Å². The summed E-state index contributed by atoms with van der Waals surface area (Å²) >= 11 is 0. The molecule has 0 fully saturated rings. The van der Waals surface area contributed by atoms with E-state index in [1.54, 1.807) is 0 Å². The van der Waals surface area contributed by atoms with Crippen LogP contribution in [0.15, 0.2) is 66.7 Å². The van der Waals surface area contributed by atoms with E-state index in [-0.39, 0.29) is 35.0 Å². The number of rotatable bonds is 7. The SMILES string of the molecule is COC(=O)c1ccc(CN(C(=O)Oc2ccc([N+](=O)[O-])cc2)c2cc(C(F)(F)F)ccc2OC)cc1. The van der Waals surface area contributed by atoms with E-state index in [0.717, 1.165) is 35.2 Å². The summed E-state index contributed by atoms with van der Waals surface area (Å²) in [6, 6.07) is 13.1. The number of amides is 1. The first-order valence-electron chi connectivity index (χ1n) is 10.2. The second-order valence-electron chi connectivity index (χ2n) is 7.28. The van der Waals surface area contributed by atoms with Gasteiger partial charge in [0.2, 0.25) is 0 Å². The molecule has 0 aliphatic carbocycles. The van der Waals surface area contributed by atoms with Gasteiger partial charge in [-0.15, -0.1) is 0 Å². The van der Waals surface area contributed by atoms with Gasteiger partial charge < -0.3 is 14.2 Å². The number of esters is 1. The quantitative estimate of drug-likeness (QED) is 0.234. The number of ether oxygens (including phenoxy) is 3. The zero-order valence-electron chi connectivity index (χ0n) is 18.9. The maximum atomic E-state index is 13.4. The maximum absolute atomic E-state index is 13.4. The monoisotopic (exact) mass is 504 g/mol. The third kappa shape index (κ3) is 6.09. The first kappa shape index (κ1) is 26.0. The van der Waals surface area contributed by atoms with Gasteiger partial charge in [-0.25, -0.2) is 9.59 Å². The fourth-order valence-corrected chi connectivity index (χ4v) is 3.16. The Morgan fingerprint density at radius 1 is 0.972 bits per heavy atom. The molecule has 36 heavy (non-hydrogen) atoms. The fraction of sp³-hybridized carbons (Fsp3) is 0.167. The zero-order chi connectivity index (χ0) is 26.5. The van der Waals surface area contributed by atoms with Crippen LogP contribution in [0.25, 0.3) is 0 Å². The van der Waals surface area contributed by atoms with Crippen molar-refractivity contribution in [1.82, 2.24) is 0 Å². The van der Waals surface area contributed by atoms with Gasteiger partial charge in [0.05, 0.1) is 42.5 Å². The van der Waals surface area contributed by atoms with Gasteiger partial charge in [0.1, 0.15) is 11.5 Å². The Bertz CT molecular complexity index is 1260. The molecule has 0 spiro atoms. The van der Waals surface area contributed by atoms with Crippen LogP contribution in [0.2, 0.25) is 0 Å². The normalized spacial score (nSPS) is 10.9. The highest BCUT2D eigenvalue weighted by Crippen LogP contribution is 2.37. The second-order valence-corrected chi connectivity index (χ2v) is 7.28. The third-order valence-electron chi connectivity index (χ3n) is 4.99. The highest BCUT2D eigenvalue weighted by atomic mass is 19.4. The summed E-state index contributed by atoms with van der Waals surface area (Å²) in [6.45, 7) is -0.259. The molecule has 0 atom stereocenters. The van der Waals surface area contributed by atoms with Crippen molar-refractivity contribution in [3.8, 4) is 11.5 Å². The van der Waals surface area contributed by atoms with Gasteiger partial charge in [-0.3, -0.25) is 15.0 Å². The van der Waals surface area contributed by atoms with Crippen molar-refractivity contribution in [3.63, 3.8) is 0 Å². The molecular formula is C24H19F3N2O7. The summed E-state index contributed by atoms with van der Waals surface area (Å²) in [6.07, 6.45) is -5.77. The summed E-state index contributed by atoms with van der Waals surface area (Å²) in [4.78, 5) is 36.0. The number of nitrogens with zero attached hydrogens (tertiary/aromatic N) is 2. The molecule has 0 unspecified atom stereocenters. The minimum Gasteiger partial charge on any atom is -0.495 e. The Hall–Kier alpha value is -4.61. The number of hydrogen-bond donors (Lipinski definition) is 0. The van der Waals surface area contributed by atoms with Crippen molar-refractivity contribution in [1.29, 1.82) is 0 Å². The summed E-state index contributed by atoms with van der Waals surface area (Å²) < 4.78 is 55.4. The number of carbonyl (C=O) groups excluding carboxylic acids is 2. The molecule has 9 nitrogen and oxygen atoms in total. The summed E-state index contributed by atoms with van der Waals surface area (Å²) in [5.41, 5.74) is -0.804. The van der Waals surface area contributed by atoms with Crippen molar-refractivity contribution in [2.24, 2.45) is 0 Å². The molecule has 3 aromatic rings. The van der Waals surface area contributed by atoms with Crippen molar-refractivity contribution < 1.29 is 41.9 Å². The molecule has 0 heterocycles. The van der Waals surface area contributed by atoms with E-state index < -0.39 is 28.7 Å². The van der Waals surface area contributed by atoms with Gasteiger partial charge in [-0.05, 0) is 48.0 Å². The first-order chi connectivity index (χ1) is 17.0. The topological polar surface area (TPSA) is 108 Å². The molecule has 3 aromatic carbocycles. The highest BCUT2D eigenvalue weighted by Gasteiger charge is 2.33. The fourth-order valence-electron chi connectivity index (χ4n) is 3.16. The van der Waals surface area contributed by atoms with E-state index in [9.17, 15) is 32.9 Å². The second kappa shape index (κ2) is 10.8. The van der Waals surface area contributed by atoms with E-state index in [4.69, 9.17) is 9.47 Å². The van der Waals surface area contributed by atoms with Gasteiger partial charge in [-0.2, -0.15) is 13.2 Å². The molecule has 0 aliphatic heterocycles. The van der Waals surface area contributed by atoms with Crippen LogP contribution in [-0.4, -0.2) is 31.2 Å². The molecule has 1 amide bonds. The summed E-state index contributed by atoms with van der Waals surface area (Å²) in [7, 11) is 2.45. The van der Waals surface area contributed by atoms with Gasteiger partial charge in [0.25, 0.3) is 5.69 Å². The van der Waals surface area contributed by atoms with Crippen molar-refractivity contribution in [2.75, 3.05) is 19.1 Å². The highest BCUT2D eigenvalue weighted by molar-refractivity contribution is 5.91. The van der Waals surface area contributed by atoms with Crippen LogP contribution < -0.4 is 14.4 Å². The molecule has 0 N–H and O–H groups in total. The minimum absolute atomic E-state index is 0.0326. The molecule has 0 bridgehead atoms. The van der Waals surface area contributed by atoms with Crippen LogP contribution in [0.3, 0.4) is 0 Å². The average Bonchev–Trinajstić information content (AvgIpc) is 2.86. The Kier molecular flexibility index (Phi) is 7.77. The number of halogens is 3. The number of methoxy groups -OCH3 is 2. The van der Waals surface area contributed by atoms with Crippen LogP contribution in [0.4, 0.5) is 29.3 Å². The van der Waals surface area contributed by atoms with E-state index in [2.05, 4.69) is 4.74 Å². The van der Waals surface area contributed by atoms with Gasteiger partial charge in [-0.1, -0.05) is 12.1 Å². The van der Waals surface area contributed by atoms with E-state index in [1.807, 2.05) is 0 Å². The van der Waals surface area contributed by atoms with E-state index in [0.29, 0.717) is 5.56 Å². The number of benzene rings is 3. The number of alkyl halides is 3. The van der Waals surface area contributed by atoms with Gasteiger partial charge in [0.15, 0.2) is 0 Å². The Balaban J connectivity index is 2.01. The molecule has 0 aliphatic rings. The zero-order valence-corrected chi connectivity index (χ0v) is 18.9. The number of hydrogen-bond acceptors (Lipinski definition) is 7. The number of non-ortho nitro benzene ring substituents is 1. The standard InChI is InChI=1S/C24H19F3N2O7/c1-34-21-12-7-17(24(25,26)27)13-20(21)28(14-15-3-5-16(6-4-15)22(30)35-2)23(31)36-19-10-8-18(9-11-19)29(32)33/h3-13H,14H2,1-2H3. The predicted octanol–water partition coefficient (Wildman–Crippen LogP) is 5.61. The van der Waals surface area contributed by atoms with Gasteiger partial charge in [0, 0.05) is 12.1 Å². The maximum Gasteiger partial charge on any atom is 0.420 e. The van der Waals surface area contributed by atoms with Gasteiger partial charge >= 0.3 is 18.2 Å². The number of nitro benzene ring substituents is 1. The molecule has 0 saturated carbocycles. The predicted molar refractivity (Wildman–Crippen MR) is 121 cm³/mol. The third-order valence-corrected chi connectivity index (χ3v) is 4.99. The largest absolute Gasteiger partial charge is 0.495 e. The Labute approximate surface area is 202 Å². The van der Waals surface area contributed by atoms with Crippen molar-refractivity contribution in [3.05, 3.63) is 93.5 Å². The lowest BCUT2D eigenvalue weighted by atomic mass is 10.1. The average molecular weight is 504 g/mol. The number of carbonyl (C=O) groups is 2. The lowest BCUT2D eigenvalue weighted by Gasteiger charge is -2.25. The van der Waals surface area contributed by atoms with Crippen LogP contribution >= 0.6 is 0 Å². The van der Waals surface area contributed by atoms with E-state index in [1.165, 1.54) is 50.6 Å². The minimum atomic E-state index is -4.70. The molecular weight excluding hydrogens is 485 g/mol. The van der Waals surface area contributed by atoms with Crippen LogP contribution in [0.1, 0.15) is 21.5 Å². The molecule has 0 radical (unpaired) electrons. The molecule has 3 rings (SSSR count). The summed E-state index contributed by atoms with van der Waals surface area (Å²) in [5.74, 6) is -0.687. The van der Waals surface area contributed by atoms with Crippen LogP contribution in [0, 0.1) is 10.1 Å². The van der Waals surface area contributed by atoms with Crippen LogP contribution in [-0.2, 0) is 17.5 Å². The van der Waals surface area contributed by atoms with Crippen molar-refractivity contribution >= 4 is 23.4 Å².